The Kier molecular flexibility index (Phi) is 4.59. The third kappa shape index (κ3) is 3.03. The highest BCUT2D eigenvalue weighted by Gasteiger charge is 2.50. The molecular formula is C25H26N2O2. The molecule has 3 atom stereocenters. The van der Waals surface area contributed by atoms with Crippen LogP contribution in [0.15, 0.2) is 67.0 Å². The summed E-state index contributed by atoms with van der Waals surface area (Å²) >= 11 is 0. The molecule has 2 aliphatic rings. The summed E-state index contributed by atoms with van der Waals surface area (Å²) in [5.74, 6) is 0.112. The minimum absolute atomic E-state index is 0.0429. The van der Waals surface area contributed by atoms with Gasteiger partial charge in [-0.1, -0.05) is 67.4 Å². The van der Waals surface area contributed by atoms with E-state index < -0.39 is 5.60 Å². The van der Waals surface area contributed by atoms with Crippen LogP contribution in [-0.2, 0) is 5.60 Å². The van der Waals surface area contributed by atoms with Crippen molar-refractivity contribution in [3.05, 3.63) is 78.1 Å². The molecule has 1 aliphatic carbocycles. The van der Waals surface area contributed by atoms with Gasteiger partial charge in [0.15, 0.2) is 0 Å². The summed E-state index contributed by atoms with van der Waals surface area (Å²) in [5.41, 5.74) is 0.786. The van der Waals surface area contributed by atoms with Crippen molar-refractivity contribution < 1.29 is 9.90 Å². The van der Waals surface area contributed by atoms with E-state index in [1.165, 1.54) is 0 Å². The molecule has 0 bridgehead atoms. The lowest BCUT2D eigenvalue weighted by Gasteiger charge is -2.52. The number of nitrogens with zero attached hydrogens (tertiary/aromatic N) is 2. The molecule has 5 rings (SSSR count). The van der Waals surface area contributed by atoms with Crippen molar-refractivity contribution >= 4 is 16.7 Å². The topological polar surface area (TPSA) is 53.4 Å². The molecule has 0 radical (unpaired) electrons. The molecule has 1 saturated carbocycles. The fourth-order valence-corrected chi connectivity index (χ4v) is 5.46. The van der Waals surface area contributed by atoms with Gasteiger partial charge in [-0.2, -0.15) is 0 Å². The van der Waals surface area contributed by atoms with Gasteiger partial charge in [0.05, 0.1) is 11.2 Å². The van der Waals surface area contributed by atoms with Crippen LogP contribution in [-0.4, -0.2) is 33.5 Å². The van der Waals surface area contributed by atoms with Gasteiger partial charge >= 0.3 is 0 Å². The molecule has 29 heavy (non-hydrogen) atoms. The van der Waals surface area contributed by atoms with E-state index in [1.54, 1.807) is 12.4 Å². The van der Waals surface area contributed by atoms with Crippen LogP contribution in [0.4, 0.5) is 0 Å². The summed E-state index contributed by atoms with van der Waals surface area (Å²) in [6.07, 6.45) is 8.18. The Morgan fingerprint density at radius 2 is 1.76 bits per heavy atom. The maximum absolute atomic E-state index is 13.6. The van der Waals surface area contributed by atoms with Crippen LogP contribution in [0.5, 0.6) is 0 Å². The third-order valence-corrected chi connectivity index (χ3v) is 6.91. The maximum Gasteiger partial charge on any atom is 0.256 e. The molecule has 4 heteroatoms. The van der Waals surface area contributed by atoms with Crippen molar-refractivity contribution in [3.8, 4) is 0 Å². The normalized spacial score (nSPS) is 26.9. The van der Waals surface area contributed by atoms with Crippen LogP contribution >= 0.6 is 0 Å². The molecule has 2 fully saturated rings. The lowest BCUT2D eigenvalue weighted by molar-refractivity contribution is -0.110. The number of rotatable bonds is 2. The smallest absolute Gasteiger partial charge is 0.256 e. The number of carbonyl (C=O) groups excluding carboxylic acids is 1. The molecule has 3 unspecified atom stereocenters. The van der Waals surface area contributed by atoms with Crippen LogP contribution in [0.25, 0.3) is 10.8 Å². The van der Waals surface area contributed by atoms with Gasteiger partial charge in [-0.3, -0.25) is 9.78 Å². The minimum Gasteiger partial charge on any atom is -0.385 e. The van der Waals surface area contributed by atoms with Gasteiger partial charge in [0.25, 0.3) is 5.91 Å². The van der Waals surface area contributed by atoms with Crippen LogP contribution in [0.1, 0.15) is 48.0 Å². The number of aliphatic hydroxyl groups is 1. The molecule has 2 aromatic carbocycles. The number of benzene rings is 2. The summed E-state index contributed by atoms with van der Waals surface area (Å²) < 4.78 is 0. The fraction of sp³-hybridized carbons (Fsp3) is 0.360. The maximum atomic E-state index is 13.6. The summed E-state index contributed by atoms with van der Waals surface area (Å²) in [6.45, 7) is 0.564. The first-order valence-corrected chi connectivity index (χ1v) is 10.6. The Balaban J connectivity index is 1.52. The van der Waals surface area contributed by atoms with Crippen molar-refractivity contribution in [2.75, 3.05) is 6.54 Å². The predicted octanol–water partition coefficient (Wildman–Crippen LogP) is 4.53. The zero-order valence-corrected chi connectivity index (χ0v) is 16.5. The third-order valence-electron chi connectivity index (χ3n) is 6.91. The first kappa shape index (κ1) is 18.3. The van der Waals surface area contributed by atoms with Gasteiger partial charge in [0.1, 0.15) is 0 Å². The number of piperidine rings is 1. The Morgan fingerprint density at radius 3 is 2.62 bits per heavy atom. The Labute approximate surface area is 171 Å². The molecule has 4 nitrogen and oxygen atoms in total. The highest BCUT2D eigenvalue weighted by Crippen LogP contribution is 2.47. The number of hydrogen-bond donors (Lipinski definition) is 1. The van der Waals surface area contributed by atoms with Crippen molar-refractivity contribution in [2.45, 2.75) is 43.7 Å². The van der Waals surface area contributed by atoms with Gasteiger partial charge in [-0.15, -0.1) is 0 Å². The number of hydrogen-bond acceptors (Lipinski definition) is 3. The van der Waals surface area contributed by atoms with Crippen molar-refractivity contribution in [3.63, 3.8) is 0 Å². The molecular weight excluding hydrogens is 360 g/mol. The van der Waals surface area contributed by atoms with E-state index in [2.05, 4.69) is 4.98 Å². The standard InChI is InChI=1S/C25H26N2O2/c28-24(21-17-26-16-18-8-4-5-11-20(18)21)27-15-14-25(29,19-9-2-1-3-10-19)22-12-6-7-13-23(22)27/h1-5,8-11,16-17,22-23,29H,6-7,12-15H2. The minimum atomic E-state index is -0.861. The number of carbonyl (C=O) groups is 1. The fourth-order valence-electron chi connectivity index (χ4n) is 5.46. The Bertz CT molecular complexity index is 1030. The second-order valence-corrected chi connectivity index (χ2v) is 8.41. The number of aromatic nitrogens is 1. The summed E-state index contributed by atoms with van der Waals surface area (Å²) in [5, 5.41) is 13.7. The monoisotopic (exact) mass is 386 g/mol. The molecule has 1 aromatic heterocycles. The van der Waals surface area contributed by atoms with E-state index in [1.807, 2.05) is 59.5 Å². The zero-order chi connectivity index (χ0) is 19.8. The average Bonchev–Trinajstić information content (AvgIpc) is 2.79. The summed E-state index contributed by atoms with van der Waals surface area (Å²) in [7, 11) is 0. The van der Waals surface area contributed by atoms with E-state index >= 15 is 0 Å². The van der Waals surface area contributed by atoms with Crippen LogP contribution in [0.3, 0.4) is 0 Å². The highest BCUT2D eigenvalue weighted by molar-refractivity contribution is 6.06. The molecule has 148 valence electrons. The van der Waals surface area contributed by atoms with Crippen molar-refractivity contribution in [1.82, 2.24) is 9.88 Å². The highest BCUT2D eigenvalue weighted by atomic mass is 16.3. The van der Waals surface area contributed by atoms with Gasteiger partial charge in [-0.05, 0) is 30.2 Å². The van der Waals surface area contributed by atoms with E-state index in [0.29, 0.717) is 18.5 Å². The van der Waals surface area contributed by atoms with Crippen LogP contribution in [0, 0.1) is 5.92 Å². The van der Waals surface area contributed by atoms with E-state index in [-0.39, 0.29) is 17.9 Å². The lowest BCUT2D eigenvalue weighted by Crippen LogP contribution is -2.59. The number of pyridine rings is 1. The van der Waals surface area contributed by atoms with Gasteiger partial charge < -0.3 is 10.0 Å². The van der Waals surface area contributed by atoms with E-state index in [4.69, 9.17) is 0 Å². The molecule has 1 saturated heterocycles. The lowest BCUT2D eigenvalue weighted by atomic mass is 9.66. The second-order valence-electron chi connectivity index (χ2n) is 8.41. The molecule has 1 amide bonds. The van der Waals surface area contributed by atoms with Crippen molar-refractivity contribution in [2.24, 2.45) is 5.92 Å². The molecule has 0 spiro atoms. The van der Waals surface area contributed by atoms with Gasteiger partial charge in [0, 0.05) is 36.3 Å². The van der Waals surface area contributed by atoms with E-state index in [0.717, 1.165) is 42.0 Å². The number of fused-ring (bicyclic) bond motifs is 2. The molecule has 3 aromatic rings. The SMILES string of the molecule is O=C(c1cncc2ccccc12)N1CCC(O)(c2ccccc2)C2CCCCC21. The van der Waals surface area contributed by atoms with E-state index in [9.17, 15) is 9.90 Å². The summed E-state index contributed by atoms with van der Waals surface area (Å²) in [4.78, 5) is 20.0. The van der Waals surface area contributed by atoms with Crippen molar-refractivity contribution in [1.29, 1.82) is 0 Å². The summed E-state index contributed by atoms with van der Waals surface area (Å²) in [6, 6.07) is 18.0. The second kappa shape index (κ2) is 7.27. The molecule has 1 aliphatic heterocycles. The Morgan fingerprint density at radius 1 is 1.00 bits per heavy atom. The molecule has 2 heterocycles. The predicted molar refractivity (Wildman–Crippen MR) is 113 cm³/mol. The Hall–Kier alpha value is -2.72. The first-order chi connectivity index (χ1) is 14.2. The first-order valence-electron chi connectivity index (χ1n) is 10.6. The van der Waals surface area contributed by atoms with Gasteiger partial charge in [-0.25, -0.2) is 0 Å². The van der Waals surface area contributed by atoms with Crippen LogP contribution < -0.4 is 0 Å². The zero-order valence-electron chi connectivity index (χ0n) is 16.5. The largest absolute Gasteiger partial charge is 0.385 e. The number of likely N-dealkylation sites (tertiary alicyclic amines) is 1. The van der Waals surface area contributed by atoms with Crippen LogP contribution in [0.2, 0.25) is 0 Å². The molecule has 1 N–H and O–H groups in total. The quantitative estimate of drug-likeness (QED) is 0.704. The average molecular weight is 386 g/mol. The van der Waals surface area contributed by atoms with Gasteiger partial charge in [0.2, 0.25) is 0 Å². The number of amides is 1.